The number of nitrogens with one attached hydrogen (secondary N) is 2. The zero-order valence-corrected chi connectivity index (χ0v) is 13.0. The van der Waals surface area contributed by atoms with Crippen LogP contribution < -0.4 is 15.3 Å². The highest BCUT2D eigenvalue weighted by molar-refractivity contribution is 7.59. The summed E-state index contributed by atoms with van der Waals surface area (Å²) in [6.45, 7) is 3.31. The van der Waals surface area contributed by atoms with Crippen molar-refractivity contribution in [1.29, 1.82) is 0 Å². The molecule has 1 heterocycles. The van der Waals surface area contributed by atoms with Crippen molar-refractivity contribution in [1.82, 2.24) is 0 Å². The van der Waals surface area contributed by atoms with Crippen molar-refractivity contribution in [3.8, 4) is 0 Å². The zero-order chi connectivity index (χ0) is 14.7. The molecule has 0 aromatic heterocycles. The molecule has 0 spiro atoms. The van der Waals surface area contributed by atoms with Crippen LogP contribution in [0.25, 0.3) is 0 Å². The maximum absolute atomic E-state index is 5.74. The van der Waals surface area contributed by atoms with Crippen molar-refractivity contribution in [2.75, 3.05) is 16.9 Å². The highest BCUT2D eigenvalue weighted by atomic mass is 32.1. The fourth-order valence-electron chi connectivity index (χ4n) is 2.91. The fraction of sp³-hybridized carbons (Fsp3) is 0.294. The monoisotopic (exact) mass is 299 g/mol. The summed E-state index contributed by atoms with van der Waals surface area (Å²) in [7, 11) is 0. The Balaban J connectivity index is 1.78. The molecule has 3 rings (SSSR count). The molecule has 1 saturated heterocycles. The van der Waals surface area contributed by atoms with Crippen molar-refractivity contribution < 1.29 is 5.01 Å². The second-order valence-electron chi connectivity index (χ2n) is 5.49. The highest BCUT2D eigenvalue weighted by Crippen LogP contribution is 2.14. The Hall–Kier alpha value is -1.65. The van der Waals surface area contributed by atoms with E-state index in [1.807, 2.05) is 18.2 Å². The average Bonchev–Trinajstić information content (AvgIpc) is 2.91. The molecule has 3 atom stereocenters. The Morgan fingerprint density at radius 1 is 1.10 bits per heavy atom. The predicted octanol–water partition coefficient (Wildman–Crippen LogP) is 2.03. The number of rotatable bonds is 4. The first-order valence-electron chi connectivity index (χ1n) is 7.42. The van der Waals surface area contributed by atoms with Crippen molar-refractivity contribution in [3.05, 3.63) is 60.7 Å². The van der Waals surface area contributed by atoms with Crippen LogP contribution in [0, 0.1) is 0 Å². The quantitative estimate of drug-likeness (QED) is 0.843. The summed E-state index contributed by atoms with van der Waals surface area (Å²) in [5, 5.41) is 7.13. The van der Waals surface area contributed by atoms with Crippen molar-refractivity contribution in [2.24, 2.45) is 0 Å². The largest absolute Gasteiger partial charge is 0.702 e. The molecule has 0 amide bonds. The van der Waals surface area contributed by atoms with E-state index in [-0.39, 0.29) is 5.50 Å². The summed E-state index contributed by atoms with van der Waals surface area (Å²) in [5.41, 5.74) is 2.24. The molecule has 2 aromatic rings. The number of para-hydroxylation sites is 2. The third kappa shape index (κ3) is 3.17. The van der Waals surface area contributed by atoms with Gasteiger partial charge in [-0.2, -0.15) is 0 Å². The first-order valence-corrected chi connectivity index (χ1v) is 7.89. The predicted molar refractivity (Wildman–Crippen MR) is 90.0 cm³/mol. The SMILES string of the molecule is CC1CCN(c2ccccc2)[NH+]1C([S-])Nc1ccccc1. The van der Waals surface area contributed by atoms with Crippen molar-refractivity contribution in [3.63, 3.8) is 0 Å². The van der Waals surface area contributed by atoms with Crippen molar-refractivity contribution >= 4 is 24.0 Å². The van der Waals surface area contributed by atoms with Gasteiger partial charge in [0.05, 0.1) is 17.7 Å². The van der Waals surface area contributed by atoms with E-state index in [0.717, 1.165) is 18.7 Å². The average molecular weight is 299 g/mol. The Kier molecular flexibility index (Phi) is 4.36. The number of hydrogen-bond acceptors (Lipinski definition) is 3. The second kappa shape index (κ2) is 6.41. The van der Waals surface area contributed by atoms with E-state index in [1.54, 1.807) is 0 Å². The fourth-order valence-corrected chi connectivity index (χ4v) is 3.41. The molecule has 0 radical (unpaired) electrons. The van der Waals surface area contributed by atoms with Crippen LogP contribution in [-0.2, 0) is 12.6 Å². The van der Waals surface area contributed by atoms with Gasteiger partial charge in [0.1, 0.15) is 6.04 Å². The number of quaternary nitrogens is 1. The van der Waals surface area contributed by atoms with Crippen LogP contribution >= 0.6 is 0 Å². The molecule has 1 aliphatic rings. The van der Waals surface area contributed by atoms with E-state index in [2.05, 4.69) is 59.7 Å². The van der Waals surface area contributed by atoms with Crippen molar-refractivity contribution in [2.45, 2.75) is 24.9 Å². The lowest BCUT2D eigenvalue weighted by atomic mass is 10.2. The van der Waals surface area contributed by atoms with Crippen LogP contribution in [0.3, 0.4) is 0 Å². The number of anilines is 2. The van der Waals surface area contributed by atoms with Gasteiger partial charge in [0, 0.05) is 12.1 Å². The summed E-state index contributed by atoms with van der Waals surface area (Å²) >= 11 is 5.74. The summed E-state index contributed by atoms with van der Waals surface area (Å²) in [4.78, 5) is 0. The third-order valence-corrected chi connectivity index (χ3v) is 4.37. The van der Waals surface area contributed by atoms with E-state index in [4.69, 9.17) is 12.6 Å². The van der Waals surface area contributed by atoms with Crippen LogP contribution in [0.2, 0.25) is 0 Å². The molecule has 3 unspecified atom stereocenters. The van der Waals surface area contributed by atoms with Gasteiger partial charge in [-0.15, -0.1) is 0 Å². The van der Waals surface area contributed by atoms with Gasteiger partial charge in [0.15, 0.2) is 0 Å². The molecule has 110 valence electrons. The molecule has 0 bridgehead atoms. The first-order chi connectivity index (χ1) is 10.3. The van der Waals surface area contributed by atoms with Crippen LogP contribution in [0.1, 0.15) is 13.3 Å². The van der Waals surface area contributed by atoms with Crippen LogP contribution in [0.15, 0.2) is 60.7 Å². The lowest BCUT2D eigenvalue weighted by Crippen LogP contribution is -3.23. The van der Waals surface area contributed by atoms with Crippen LogP contribution in [0.5, 0.6) is 0 Å². The van der Waals surface area contributed by atoms with E-state index < -0.39 is 0 Å². The molecule has 21 heavy (non-hydrogen) atoms. The summed E-state index contributed by atoms with van der Waals surface area (Å²) in [5.74, 6) is 0. The number of benzene rings is 2. The van der Waals surface area contributed by atoms with E-state index >= 15 is 0 Å². The molecule has 3 nitrogen and oxygen atoms in total. The van der Waals surface area contributed by atoms with E-state index in [9.17, 15) is 0 Å². The molecule has 2 aromatic carbocycles. The lowest BCUT2D eigenvalue weighted by Gasteiger charge is -2.39. The maximum atomic E-state index is 5.74. The molecular weight excluding hydrogens is 278 g/mol. The van der Waals surface area contributed by atoms with Gasteiger partial charge >= 0.3 is 0 Å². The molecular formula is C17H21N3S. The number of hydrogen-bond donors (Lipinski definition) is 2. The van der Waals surface area contributed by atoms with Gasteiger partial charge in [0.2, 0.25) is 0 Å². The highest BCUT2D eigenvalue weighted by Gasteiger charge is 2.34. The van der Waals surface area contributed by atoms with Crippen LogP contribution in [0.4, 0.5) is 11.4 Å². The number of nitrogens with zero attached hydrogens (tertiary/aromatic N) is 1. The Morgan fingerprint density at radius 3 is 2.38 bits per heavy atom. The van der Waals surface area contributed by atoms with Gasteiger partial charge < -0.3 is 17.9 Å². The molecule has 2 N–H and O–H groups in total. The third-order valence-electron chi connectivity index (χ3n) is 4.01. The first kappa shape index (κ1) is 14.3. The zero-order valence-electron chi connectivity index (χ0n) is 12.2. The minimum atomic E-state index is -0.0786. The molecule has 0 saturated carbocycles. The van der Waals surface area contributed by atoms with Gasteiger partial charge in [-0.05, 0) is 31.2 Å². The summed E-state index contributed by atoms with van der Waals surface area (Å²) in [6, 6.07) is 21.2. The Morgan fingerprint density at radius 2 is 1.71 bits per heavy atom. The standard InChI is InChI=1S/C17H21N3S/c1-14-12-13-19(16-10-6-3-7-11-16)20(14)17(21)18-15-8-4-2-5-9-15/h2-11,14,17-18,21H,12-13H2,1H3. The maximum Gasteiger partial charge on any atom is 0.109 e. The smallest absolute Gasteiger partial charge is 0.109 e. The summed E-state index contributed by atoms with van der Waals surface area (Å²) in [6.07, 6.45) is 1.16. The van der Waals surface area contributed by atoms with E-state index in [1.165, 1.54) is 10.7 Å². The minimum Gasteiger partial charge on any atom is -0.702 e. The lowest BCUT2D eigenvalue weighted by molar-refractivity contribution is -0.925. The second-order valence-corrected chi connectivity index (χ2v) is 5.96. The van der Waals surface area contributed by atoms with Gasteiger partial charge in [-0.3, -0.25) is 0 Å². The minimum absolute atomic E-state index is 0.0786. The van der Waals surface area contributed by atoms with Gasteiger partial charge in [-0.25, -0.2) is 10.0 Å². The topological polar surface area (TPSA) is 19.7 Å². The van der Waals surface area contributed by atoms with E-state index in [0.29, 0.717) is 6.04 Å². The van der Waals surface area contributed by atoms with Gasteiger partial charge in [-0.1, -0.05) is 36.4 Å². The Bertz CT molecular complexity index is 561. The van der Waals surface area contributed by atoms with Gasteiger partial charge in [0.25, 0.3) is 0 Å². The van der Waals surface area contributed by atoms with Crippen LogP contribution in [-0.4, -0.2) is 18.1 Å². The molecule has 4 heteroatoms. The molecule has 0 aliphatic carbocycles. The Labute approximate surface area is 132 Å². The molecule has 1 aliphatic heterocycles. The molecule has 1 fully saturated rings. The normalized spacial score (nSPS) is 23.0. The summed E-state index contributed by atoms with van der Waals surface area (Å²) < 4.78 is 0.